The van der Waals surface area contributed by atoms with Gasteiger partial charge in [-0.05, 0) is 24.6 Å². The van der Waals surface area contributed by atoms with Gasteiger partial charge in [-0.1, -0.05) is 0 Å². The van der Waals surface area contributed by atoms with Crippen molar-refractivity contribution in [3.05, 3.63) is 39.9 Å². The lowest BCUT2D eigenvalue weighted by atomic mass is 10.1. The van der Waals surface area contributed by atoms with Crippen LogP contribution in [0.5, 0.6) is 0 Å². The normalized spacial score (nSPS) is 13.4. The number of hydrogen-bond acceptors (Lipinski definition) is 4. The molecule has 0 aliphatic rings. The number of benzene rings is 1. The Balaban J connectivity index is 2.82. The highest BCUT2D eigenvalue weighted by Crippen LogP contribution is 2.42. The molecule has 2 N–H and O–H groups in total. The molecule has 0 radical (unpaired) electrons. The van der Waals surface area contributed by atoms with E-state index in [2.05, 4.69) is 4.52 Å². The van der Waals surface area contributed by atoms with Gasteiger partial charge in [0.1, 0.15) is 0 Å². The minimum Gasteiger partial charge on any atom is -0.303 e. The van der Waals surface area contributed by atoms with Crippen molar-refractivity contribution >= 4 is 13.5 Å². The molecule has 1 aromatic carbocycles. The summed E-state index contributed by atoms with van der Waals surface area (Å²) in [5.74, 6) is 0. The number of nitro groups is 1. The van der Waals surface area contributed by atoms with Crippen molar-refractivity contribution in [2.45, 2.75) is 13.0 Å². The van der Waals surface area contributed by atoms with Gasteiger partial charge in [-0.2, -0.15) is 0 Å². The Morgan fingerprint density at radius 3 is 2.25 bits per heavy atom. The molecule has 0 aliphatic carbocycles. The van der Waals surface area contributed by atoms with Gasteiger partial charge in [-0.25, -0.2) is 4.57 Å². The Kier molecular flexibility index (Phi) is 3.77. The Morgan fingerprint density at radius 2 is 1.88 bits per heavy atom. The van der Waals surface area contributed by atoms with Gasteiger partial charge in [0.05, 0.1) is 11.0 Å². The van der Waals surface area contributed by atoms with Crippen molar-refractivity contribution in [2.75, 3.05) is 0 Å². The first-order chi connectivity index (χ1) is 7.29. The molecular formula is C8H10NO6P. The first-order valence-electron chi connectivity index (χ1n) is 4.28. The lowest BCUT2D eigenvalue weighted by Gasteiger charge is -2.13. The minimum absolute atomic E-state index is 0.0906. The van der Waals surface area contributed by atoms with Crippen LogP contribution >= 0.6 is 7.82 Å². The molecule has 0 fully saturated rings. The van der Waals surface area contributed by atoms with Crippen LogP contribution in [0.4, 0.5) is 5.69 Å². The molecule has 8 heteroatoms. The summed E-state index contributed by atoms with van der Waals surface area (Å²) in [7, 11) is -4.55. The summed E-state index contributed by atoms with van der Waals surface area (Å²) >= 11 is 0. The third-order valence-corrected chi connectivity index (χ3v) is 2.46. The number of nitro benzene ring substituents is 1. The molecule has 1 aromatic rings. The Labute approximate surface area is 91.1 Å². The summed E-state index contributed by atoms with van der Waals surface area (Å²) in [4.78, 5) is 26.9. The Bertz CT molecular complexity index is 425. The zero-order chi connectivity index (χ0) is 12.3. The van der Waals surface area contributed by atoms with E-state index in [1.54, 1.807) is 0 Å². The van der Waals surface area contributed by atoms with E-state index in [-0.39, 0.29) is 5.69 Å². The van der Waals surface area contributed by atoms with Crippen molar-refractivity contribution in [3.63, 3.8) is 0 Å². The van der Waals surface area contributed by atoms with Crippen LogP contribution in [-0.4, -0.2) is 14.7 Å². The summed E-state index contributed by atoms with van der Waals surface area (Å²) in [6.45, 7) is 1.44. The molecule has 0 bridgehead atoms. The van der Waals surface area contributed by atoms with Crippen molar-refractivity contribution in [3.8, 4) is 0 Å². The van der Waals surface area contributed by atoms with E-state index in [4.69, 9.17) is 9.79 Å². The highest BCUT2D eigenvalue weighted by molar-refractivity contribution is 7.46. The maximum absolute atomic E-state index is 10.6. The fourth-order valence-electron chi connectivity index (χ4n) is 1.13. The second-order valence-corrected chi connectivity index (χ2v) is 4.28. The highest BCUT2D eigenvalue weighted by Gasteiger charge is 2.20. The molecule has 0 aromatic heterocycles. The summed E-state index contributed by atoms with van der Waals surface area (Å²) in [6, 6.07) is 5.26. The van der Waals surface area contributed by atoms with E-state index in [1.165, 1.54) is 31.2 Å². The molecule has 0 saturated heterocycles. The van der Waals surface area contributed by atoms with E-state index >= 15 is 0 Å². The van der Waals surface area contributed by atoms with Crippen molar-refractivity contribution in [2.24, 2.45) is 0 Å². The zero-order valence-corrected chi connectivity index (χ0v) is 9.20. The van der Waals surface area contributed by atoms with Gasteiger partial charge < -0.3 is 9.79 Å². The molecule has 0 heterocycles. The molecule has 88 valence electrons. The number of hydrogen-bond donors (Lipinski definition) is 2. The molecular weight excluding hydrogens is 237 g/mol. The van der Waals surface area contributed by atoms with Crippen LogP contribution in [0, 0.1) is 10.1 Å². The molecule has 7 nitrogen and oxygen atoms in total. The van der Waals surface area contributed by atoms with Gasteiger partial charge in [0.25, 0.3) is 5.69 Å². The smallest absolute Gasteiger partial charge is 0.303 e. The maximum Gasteiger partial charge on any atom is 0.470 e. The number of nitrogens with zero attached hydrogens (tertiary/aromatic N) is 1. The van der Waals surface area contributed by atoms with Crippen LogP contribution < -0.4 is 0 Å². The van der Waals surface area contributed by atoms with E-state index < -0.39 is 18.8 Å². The standard InChI is InChI=1S/C8H10NO6P/c1-6(15-16(12,13)14)7-2-4-8(5-3-7)9(10)11/h2-6H,1H3,(H2,12,13,14). The lowest BCUT2D eigenvalue weighted by Crippen LogP contribution is -1.98. The molecule has 0 amide bonds. The summed E-state index contributed by atoms with van der Waals surface area (Å²) in [5.41, 5.74) is 0.362. The number of rotatable bonds is 4. The molecule has 1 rings (SSSR count). The van der Waals surface area contributed by atoms with E-state index in [9.17, 15) is 14.7 Å². The maximum atomic E-state index is 10.6. The highest BCUT2D eigenvalue weighted by atomic mass is 31.2. The Morgan fingerprint density at radius 1 is 1.38 bits per heavy atom. The lowest BCUT2D eigenvalue weighted by molar-refractivity contribution is -0.384. The van der Waals surface area contributed by atoms with E-state index in [0.717, 1.165) is 0 Å². The topological polar surface area (TPSA) is 110 Å². The van der Waals surface area contributed by atoms with Crippen LogP contribution in [0.25, 0.3) is 0 Å². The minimum atomic E-state index is -4.55. The van der Waals surface area contributed by atoms with Gasteiger partial charge in [-0.15, -0.1) is 0 Å². The molecule has 0 spiro atoms. The predicted molar refractivity (Wildman–Crippen MR) is 54.6 cm³/mol. The predicted octanol–water partition coefficient (Wildman–Crippen LogP) is 1.77. The molecule has 16 heavy (non-hydrogen) atoms. The van der Waals surface area contributed by atoms with Crippen molar-refractivity contribution in [1.29, 1.82) is 0 Å². The van der Waals surface area contributed by atoms with E-state index in [0.29, 0.717) is 5.56 Å². The van der Waals surface area contributed by atoms with Crippen molar-refractivity contribution < 1.29 is 23.8 Å². The van der Waals surface area contributed by atoms with Gasteiger partial charge in [-0.3, -0.25) is 14.6 Å². The summed E-state index contributed by atoms with van der Waals surface area (Å²) in [5, 5.41) is 10.4. The first-order valence-corrected chi connectivity index (χ1v) is 5.81. The summed E-state index contributed by atoms with van der Waals surface area (Å²) in [6.07, 6.45) is -0.832. The Hall–Kier alpha value is -1.27. The average Bonchev–Trinajstić information content (AvgIpc) is 2.15. The largest absolute Gasteiger partial charge is 0.470 e. The van der Waals surface area contributed by atoms with Gasteiger partial charge in [0, 0.05) is 12.1 Å². The number of non-ortho nitro benzene ring substituents is 1. The second-order valence-electron chi connectivity index (χ2n) is 3.09. The quantitative estimate of drug-likeness (QED) is 0.476. The monoisotopic (exact) mass is 247 g/mol. The molecule has 1 unspecified atom stereocenters. The molecule has 0 saturated carbocycles. The number of phosphoric acid groups is 1. The van der Waals surface area contributed by atoms with Crippen LogP contribution in [0.1, 0.15) is 18.6 Å². The van der Waals surface area contributed by atoms with Crippen LogP contribution in [-0.2, 0) is 9.09 Å². The fourth-order valence-corrected chi connectivity index (χ4v) is 1.67. The molecule has 0 aliphatic heterocycles. The van der Waals surface area contributed by atoms with Gasteiger partial charge >= 0.3 is 7.82 Å². The number of phosphoric ester groups is 1. The summed E-state index contributed by atoms with van der Waals surface area (Å²) < 4.78 is 15.0. The third-order valence-electron chi connectivity index (χ3n) is 1.87. The first kappa shape index (κ1) is 12.8. The second kappa shape index (κ2) is 4.71. The van der Waals surface area contributed by atoms with Crippen LogP contribution in [0.2, 0.25) is 0 Å². The fraction of sp³-hybridized carbons (Fsp3) is 0.250. The van der Waals surface area contributed by atoms with Crippen molar-refractivity contribution in [1.82, 2.24) is 0 Å². The third kappa shape index (κ3) is 3.71. The van der Waals surface area contributed by atoms with Gasteiger partial charge in [0.15, 0.2) is 0 Å². The van der Waals surface area contributed by atoms with E-state index in [1.807, 2.05) is 0 Å². The van der Waals surface area contributed by atoms with Crippen LogP contribution in [0.15, 0.2) is 24.3 Å². The molecule has 1 atom stereocenters. The SMILES string of the molecule is CC(OP(=O)(O)O)c1ccc([N+](=O)[O-])cc1. The van der Waals surface area contributed by atoms with Crippen LogP contribution in [0.3, 0.4) is 0 Å². The van der Waals surface area contributed by atoms with Gasteiger partial charge in [0.2, 0.25) is 0 Å². The average molecular weight is 247 g/mol. The zero-order valence-electron chi connectivity index (χ0n) is 8.31.